The minimum atomic E-state index is -2.06. The van der Waals surface area contributed by atoms with Crippen LogP contribution < -0.4 is 10.6 Å². The number of aliphatic hydroxyl groups excluding tert-OH is 14. The Balaban J connectivity index is 1.37. The van der Waals surface area contributed by atoms with Crippen LogP contribution in [-0.4, -0.2) is 263 Å². The maximum absolute atomic E-state index is 12.5. The lowest BCUT2D eigenvalue weighted by Crippen LogP contribution is -2.71. The van der Waals surface area contributed by atoms with E-state index in [1.807, 2.05) is 0 Å². The molecule has 354 valence electrons. The van der Waals surface area contributed by atoms with E-state index in [4.69, 9.17) is 42.6 Å². The molecular weight excluding hydrogens is 836 g/mol. The van der Waals surface area contributed by atoms with E-state index in [0.717, 1.165) is 13.8 Å². The van der Waals surface area contributed by atoms with Crippen LogP contribution in [-0.2, 0) is 52.2 Å². The second-order valence-corrected chi connectivity index (χ2v) is 15.4. The van der Waals surface area contributed by atoms with Gasteiger partial charge in [-0.3, -0.25) is 9.59 Å². The number of ether oxygens (including phenoxy) is 9. The lowest BCUT2D eigenvalue weighted by molar-refractivity contribution is -0.375. The van der Waals surface area contributed by atoms with Crippen molar-refractivity contribution in [3.8, 4) is 0 Å². The predicted molar refractivity (Wildman–Crippen MR) is 188 cm³/mol. The fourth-order valence-corrected chi connectivity index (χ4v) is 7.67. The first-order valence-electron chi connectivity index (χ1n) is 19.4. The first kappa shape index (κ1) is 50.0. The van der Waals surface area contributed by atoms with Gasteiger partial charge >= 0.3 is 0 Å². The first-order chi connectivity index (χ1) is 28.7. The number of hydrogen-bond acceptors (Lipinski definition) is 25. The molecule has 0 aromatic heterocycles. The van der Waals surface area contributed by atoms with Gasteiger partial charge in [-0.2, -0.15) is 0 Å². The topological polar surface area (TPSA) is 424 Å². The summed E-state index contributed by atoms with van der Waals surface area (Å²) in [4.78, 5) is 24.8. The molecule has 5 fully saturated rings. The first-order valence-corrected chi connectivity index (χ1v) is 19.4. The summed E-state index contributed by atoms with van der Waals surface area (Å²) in [5.41, 5.74) is 0. The number of aliphatic hydroxyl groups is 14. The number of amides is 2. The van der Waals surface area contributed by atoms with Crippen LogP contribution in [0.1, 0.15) is 20.8 Å². The maximum Gasteiger partial charge on any atom is 0.217 e. The lowest BCUT2D eigenvalue weighted by atomic mass is 9.93. The van der Waals surface area contributed by atoms with Crippen molar-refractivity contribution in [2.75, 3.05) is 26.4 Å². The SMILES string of the molecule is CC(=O)N[C@@H]1[C@@H](O[C@@H]2O[C@@H](C)[C@@H](O)[C@@H](O)[C@@H]2O)[C@H](O[C@@H]2O[C@H](CO)[C@@H](O[C@H]3O[C@H](CO[C@H]4O[C@H](CO)[C@@H](O)[C@H](O)[C@@H]4O)[C@@H](O)[C@H](O)[C@@H]3O)[C@H](O)[C@H]2NC(C)=O)[C@@H](CO)O[C@H]1O. The van der Waals surface area contributed by atoms with Crippen molar-refractivity contribution < 1.29 is 124 Å². The molecule has 0 bridgehead atoms. The van der Waals surface area contributed by atoms with Gasteiger partial charge in [0.25, 0.3) is 0 Å². The molecule has 5 rings (SSSR count). The molecule has 27 heteroatoms. The van der Waals surface area contributed by atoms with Gasteiger partial charge in [0.05, 0.1) is 32.5 Å². The summed E-state index contributed by atoms with van der Waals surface area (Å²) in [6.07, 6.45) is -40.2. The zero-order valence-corrected chi connectivity index (χ0v) is 33.0. The molecule has 0 radical (unpaired) electrons. The van der Waals surface area contributed by atoms with Gasteiger partial charge in [0.2, 0.25) is 11.8 Å². The quantitative estimate of drug-likeness (QED) is 0.0770. The molecule has 5 aliphatic rings. The largest absolute Gasteiger partial charge is 0.394 e. The van der Waals surface area contributed by atoms with E-state index in [0.29, 0.717) is 0 Å². The van der Waals surface area contributed by atoms with E-state index in [2.05, 4.69) is 10.6 Å². The molecule has 5 heterocycles. The number of carbonyl (C=O) groups excluding carboxylic acids is 2. The molecule has 27 nitrogen and oxygen atoms in total. The van der Waals surface area contributed by atoms with Crippen LogP contribution in [0.25, 0.3) is 0 Å². The van der Waals surface area contributed by atoms with Crippen LogP contribution >= 0.6 is 0 Å². The van der Waals surface area contributed by atoms with Gasteiger partial charge in [-0.15, -0.1) is 0 Å². The van der Waals surface area contributed by atoms with Gasteiger partial charge in [0, 0.05) is 13.8 Å². The van der Waals surface area contributed by atoms with E-state index in [1.165, 1.54) is 6.92 Å². The van der Waals surface area contributed by atoms with E-state index < -0.39 is 192 Å². The van der Waals surface area contributed by atoms with Gasteiger partial charge in [-0.25, -0.2) is 0 Å². The summed E-state index contributed by atoms with van der Waals surface area (Å²) in [6, 6.07) is -3.26. The van der Waals surface area contributed by atoms with Gasteiger partial charge in [-0.1, -0.05) is 0 Å². The van der Waals surface area contributed by atoms with Crippen molar-refractivity contribution in [3.63, 3.8) is 0 Å². The third-order valence-electron chi connectivity index (χ3n) is 11.1. The van der Waals surface area contributed by atoms with Crippen molar-refractivity contribution in [2.45, 2.75) is 174 Å². The molecular formula is C34H58N2O25. The molecule has 0 aromatic carbocycles. The Morgan fingerprint density at radius 1 is 0.459 bits per heavy atom. The highest BCUT2D eigenvalue weighted by Gasteiger charge is 2.56. The van der Waals surface area contributed by atoms with Crippen LogP contribution in [0.3, 0.4) is 0 Å². The zero-order chi connectivity index (χ0) is 45.2. The molecule has 5 saturated heterocycles. The average Bonchev–Trinajstić information content (AvgIpc) is 3.22. The summed E-state index contributed by atoms with van der Waals surface area (Å²) in [7, 11) is 0. The highest BCUT2D eigenvalue weighted by atomic mass is 16.8. The van der Waals surface area contributed by atoms with Crippen LogP contribution in [0.2, 0.25) is 0 Å². The third-order valence-corrected chi connectivity index (χ3v) is 11.1. The number of hydrogen-bond donors (Lipinski definition) is 16. The number of nitrogens with one attached hydrogen (secondary N) is 2. The van der Waals surface area contributed by atoms with E-state index in [1.54, 1.807) is 0 Å². The second kappa shape index (κ2) is 21.3. The minimum Gasteiger partial charge on any atom is -0.394 e. The van der Waals surface area contributed by atoms with Crippen LogP contribution in [0.4, 0.5) is 0 Å². The smallest absolute Gasteiger partial charge is 0.217 e. The standard InChI is InChI=1S/C34H58N2O25/c1-8-17(42)21(46)25(50)33(54-8)61-29-16(36-10(3)41)30(52)55-13(6-39)28(29)60-31-15(35-9(2)40)20(45)27(12(5-38)57-31)59-34-26(51)23(48)19(44)14(58-34)7-53-32-24(49)22(47)18(43)11(4-37)56-32/h8,11-34,37-39,42-52H,4-7H2,1-3H3,(H,35,40)(H,36,41)/t8-,11+,12+,13+,14+,15+,16+,17+,18+,19+,20+,21+,22-,23-,24-,25-,26-,27+,28+,29+,30+,31-,32-,33-,34+/m0/s1. The van der Waals surface area contributed by atoms with E-state index in [9.17, 15) is 81.1 Å². The maximum atomic E-state index is 12.5. The second-order valence-electron chi connectivity index (χ2n) is 15.4. The summed E-state index contributed by atoms with van der Waals surface area (Å²) in [5.74, 6) is -1.52. The monoisotopic (exact) mass is 894 g/mol. The number of rotatable bonds is 14. The Kier molecular flexibility index (Phi) is 17.5. The molecule has 0 aromatic rings. The fraction of sp³-hybridized carbons (Fsp3) is 0.941. The molecule has 2 amide bonds. The number of carbonyl (C=O) groups is 2. The van der Waals surface area contributed by atoms with E-state index >= 15 is 0 Å². The Morgan fingerprint density at radius 3 is 1.48 bits per heavy atom. The molecule has 25 atom stereocenters. The lowest BCUT2D eigenvalue weighted by Gasteiger charge is -2.51. The predicted octanol–water partition coefficient (Wildman–Crippen LogP) is -10.6. The molecule has 0 aliphatic carbocycles. The van der Waals surface area contributed by atoms with Crippen molar-refractivity contribution in [1.29, 1.82) is 0 Å². The van der Waals surface area contributed by atoms with Crippen molar-refractivity contribution in [3.05, 3.63) is 0 Å². The molecule has 0 saturated carbocycles. The van der Waals surface area contributed by atoms with Gasteiger partial charge in [-0.05, 0) is 6.92 Å². The van der Waals surface area contributed by atoms with Gasteiger partial charge in [0.15, 0.2) is 31.5 Å². The highest BCUT2D eigenvalue weighted by Crippen LogP contribution is 2.35. The Bertz CT molecular complexity index is 1420. The summed E-state index contributed by atoms with van der Waals surface area (Å²) in [5, 5.41) is 152. The van der Waals surface area contributed by atoms with Crippen LogP contribution in [0.15, 0.2) is 0 Å². The Hall–Kier alpha value is -1.98. The molecule has 16 N–H and O–H groups in total. The van der Waals surface area contributed by atoms with E-state index in [-0.39, 0.29) is 0 Å². The molecule has 0 unspecified atom stereocenters. The molecule has 5 aliphatic heterocycles. The fourth-order valence-electron chi connectivity index (χ4n) is 7.67. The van der Waals surface area contributed by atoms with Gasteiger partial charge < -0.3 is 125 Å². The van der Waals surface area contributed by atoms with Crippen molar-refractivity contribution in [1.82, 2.24) is 10.6 Å². The molecule has 61 heavy (non-hydrogen) atoms. The van der Waals surface area contributed by atoms with Crippen molar-refractivity contribution in [2.24, 2.45) is 0 Å². The average molecular weight is 895 g/mol. The van der Waals surface area contributed by atoms with Crippen LogP contribution in [0, 0.1) is 0 Å². The normalized spacial score (nSPS) is 49.6. The third kappa shape index (κ3) is 10.9. The summed E-state index contributed by atoms with van der Waals surface area (Å²) < 4.78 is 51.4. The van der Waals surface area contributed by atoms with Gasteiger partial charge in [0.1, 0.15) is 116 Å². The Labute approximate surface area is 346 Å². The Morgan fingerprint density at radius 2 is 0.902 bits per heavy atom. The van der Waals surface area contributed by atoms with Crippen molar-refractivity contribution >= 4 is 11.8 Å². The summed E-state index contributed by atoms with van der Waals surface area (Å²) in [6.45, 7) is 0.0602. The highest BCUT2D eigenvalue weighted by molar-refractivity contribution is 5.73. The zero-order valence-electron chi connectivity index (χ0n) is 33.0. The molecule has 0 spiro atoms. The summed E-state index contributed by atoms with van der Waals surface area (Å²) >= 11 is 0. The van der Waals surface area contributed by atoms with Crippen LogP contribution in [0.5, 0.6) is 0 Å². The minimum absolute atomic E-state index is 0.732.